The summed E-state index contributed by atoms with van der Waals surface area (Å²) in [5, 5.41) is 20.9. The molecule has 2 aromatic carbocycles. The van der Waals surface area contributed by atoms with Gasteiger partial charge >= 0.3 is 11.9 Å². The average Bonchev–Trinajstić information content (AvgIpc) is 3.54. The van der Waals surface area contributed by atoms with E-state index >= 15 is 0 Å². The topological polar surface area (TPSA) is 226 Å². The van der Waals surface area contributed by atoms with Crippen molar-refractivity contribution >= 4 is 41.1 Å². The number of aromatic nitrogens is 2. The van der Waals surface area contributed by atoms with Crippen LogP contribution in [-0.2, 0) is 24.8 Å². The molecule has 0 aliphatic heterocycles. The van der Waals surface area contributed by atoms with Gasteiger partial charge < -0.3 is 35.8 Å². The second kappa shape index (κ2) is 15.7. The summed E-state index contributed by atoms with van der Waals surface area (Å²) in [5.74, 6) is -0.315. The number of anilines is 1. The number of benzene rings is 2. The first kappa shape index (κ1) is 33.8. The molecule has 4 rings (SSSR count). The molecule has 6 N–H and O–H groups in total. The molecule has 2 aromatic heterocycles. The predicted molar refractivity (Wildman–Crippen MR) is 169 cm³/mol. The molecule has 0 aliphatic carbocycles. The highest BCUT2D eigenvalue weighted by atomic mass is 35.5. The Morgan fingerprint density at radius 1 is 1.02 bits per heavy atom. The van der Waals surface area contributed by atoms with Crippen molar-refractivity contribution in [3.8, 4) is 40.5 Å². The van der Waals surface area contributed by atoms with Gasteiger partial charge in [0.25, 0.3) is 0 Å². The molecule has 0 saturated heterocycles. The molecule has 0 spiro atoms. The maximum Gasteiger partial charge on any atom is 0.322 e. The third-order valence-electron chi connectivity index (χ3n) is 6.24. The Morgan fingerprint density at radius 2 is 1.70 bits per heavy atom. The zero-order valence-corrected chi connectivity index (χ0v) is 26.0. The van der Waals surface area contributed by atoms with Gasteiger partial charge in [-0.3, -0.25) is 9.59 Å². The fourth-order valence-electron chi connectivity index (χ4n) is 4.00. The Labute approximate surface area is 273 Å². The highest BCUT2D eigenvalue weighted by Gasteiger charge is 2.22. The number of esters is 2. The lowest BCUT2D eigenvalue weighted by atomic mass is 9.97. The molecule has 4 aromatic rings. The van der Waals surface area contributed by atoms with E-state index in [1.165, 1.54) is 24.9 Å². The molecule has 46 heavy (non-hydrogen) atoms. The van der Waals surface area contributed by atoms with E-state index in [2.05, 4.69) is 16.0 Å². The second-order valence-electron chi connectivity index (χ2n) is 9.66. The van der Waals surface area contributed by atoms with Crippen LogP contribution in [-0.4, -0.2) is 53.8 Å². The highest BCUT2D eigenvalue weighted by Crippen LogP contribution is 2.37. The number of halogens is 1. The van der Waals surface area contributed by atoms with Gasteiger partial charge in [-0.2, -0.15) is 10.5 Å². The molecule has 0 bridgehead atoms. The Balaban J connectivity index is 1.52. The average molecular weight is 662 g/mol. The second-order valence-corrected chi connectivity index (χ2v) is 11.1. The third kappa shape index (κ3) is 8.53. The number of rotatable bonds is 13. The smallest absolute Gasteiger partial charge is 0.322 e. The molecule has 0 aliphatic rings. The Kier molecular flexibility index (Phi) is 11.6. The van der Waals surface area contributed by atoms with Gasteiger partial charge in [-0.15, -0.1) is 0 Å². The van der Waals surface area contributed by atoms with E-state index in [4.69, 9.17) is 47.4 Å². The number of ether oxygens (including phenoxy) is 3. The molecular weight excluding hydrogens is 634 g/mol. The van der Waals surface area contributed by atoms with E-state index < -0.39 is 24.1 Å². The molecule has 2 heterocycles. The number of carbonyl (C=O) groups is 2. The van der Waals surface area contributed by atoms with E-state index in [1.54, 1.807) is 48.5 Å². The first-order chi connectivity index (χ1) is 22.1. The number of carbonyl (C=O) groups excluding carboxylic acids is 2. The van der Waals surface area contributed by atoms with Crippen LogP contribution >= 0.6 is 23.4 Å². The van der Waals surface area contributed by atoms with Gasteiger partial charge in [-0.25, -0.2) is 9.97 Å². The minimum Gasteiger partial charge on any atom is -0.490 e. The molecule has 2 atom stereocenters. The van der Waals surface area contributed by atoms with Crippen LogP contribution in [0.2, 0.25) is 5.02 Å². The zero-order chi connectivity index (χ0) is 33.2. The lowest BCUT2D eigenvalue weighted by Gasteiger charge is -2.19. The van der Waals surface area contributed by atoms with Gasteiger partial charge in [0.05, 0.1) is 17.8 Å². The molecule has 15 heteroatoms. The lowest BCUT2D eigenvalue weighted by Crippen LogP contribution is -2.36. The Morgan fingerprint density at radius 3 is 2.33 bits per heavy atom. The van der Waals surface area contributed by atoms with Crippen LogP contribution in [0.4, 0.5) is 5.82 Å². The molecule has 0 unspecified atom stereocenters. The number of oxazole rings is 1. The van der Waals surface area contributed by atoms with Crippen LogP contribution in [0.15, 0.2) is 64.2 Å². The largest absolute Gasteiger partial charge is 0.490 e. The maximum atomic E-state index is 11.8. The molecule has 13 nitrogen and oxygen atoms in total. The van der Waals surface area contributed by atoms with Crippen molar-refractivity contribution in [3.63, 3.8) is 0 Å². The van der Waals surface area contributed by atoms with E-state index in [1.807, 2.05) is 6.07 Å². The van der Waals surface area contributed by atoms with Gasteiger partial charge in [0.1, 0.15) is 59.8 Å². The minimum atomic E-state index is -0.944. The molecule has 0 saturated carbocycles. The Bertz CT molecular complexity index is 1780. The standard InChI is InChI=1S/C31H28ClN7O6S/c1-17(36)31(41)44-15-23(45-26(40)12-35)14-42-22-8-4-18(5-9-22)27-24(10-33)28(37)39-30(25(27)11-34)46-16-21-13-43-29(38-21)19-2-6-20(32)7-3-19/h2-9,13,17,23H,12,14-16,35-36H2,1H3,(H2,37,39)/t17-,23+/m0/s1. The van der Waals surface area contributed by atoms with Crippen molar-refractivity contribution in [3.05, 3.63) is 76.6 Å². The monoisotopic (exact) mass is 661 g/mol. The number of nitrogen functional groups attached to an aromatic ring is 1. The van der Waals surface area contributed by atoms with Crippen LogP contribution in [0.1, 0.15) is 23.7 Å². The van der Waals surface area contributed by atoms with Gasteiger partial charge in [0.2, 0.25) is 5.89 Å². The van der Waals surface area contributed by atoms with Crippen molar-refractivity contribution in [2.45, 2.75) is 29.8 Å². The van der Waals surface area contributed by atoms with Gasteiger partial charge in [0.15, 0.2) is 6.10 Å². The van der Waals surface area contributed by atoms with Crippen molar-refractivity contribution in [2.24, 2.45) is 11.5 Å². The summed E-state index contributed by atoms with van der Waals surface area (Å²) >= 11 is 7.18. The van der Waals surface area contributed by atoms with Crippen LogP contribution in [0.3, 0.4) is 0 Å². The summed E-state index contributed by atoms with van der Waals surface area (Å²) in [6, 6.07) is 16.9. The summed E-state index contributed by atoms with van der Waals surface area (Å²) < 4.78 is 21.6. The van der Waals surface area contributed by atoms with E-state index in [9.17, 15) is 20.1 Å². The zero-order valence-electron chi connectivity index (χ0n) is 24.4. The number of hydrogen-bond acceptors (Lipinski definition) is 14. The predicted octanol–water partition coefficient (Wildman–Crippen LogP) is 3.81. The molecule has 236 valence electrons. The summed E-state index contributed by atoms with van der Waals surface area (Å²) in [5.41, 5.74) is 19.4. The first-order valence-electron chi connectivity index (χ1n) is 13.6. The summed E-state index contributed by atoms with van der Waals surface area (Å²) in [6.45, 7) is 0.654. The SMILES string of the molecule is C[C@H](N)C(=O)OC[C@@H](COc1ccc(-c2c(C#N)c(N)nc(SCc3coc(-c4ccc(Cl)cc4)n3)c2C#N)cc1)OC(=O)CN. The molecule has 0 radical (unpaired) electrons. The van der Waals surface area contributed by atoms with Gasteiger partial charge in [-0.1, -0.05) is 35.5 Å². The number of nitriles is 2. The number of nitrogens with two attached hydrogens (primary N) is 3. The van der Waals surface area contributed by atoms with Gasteiger partial charge in [0, 0.05) is 21.9 Å². The third-order valence-corrected chi connectivity index (χ3v) is 7.50. The first-order valence-corrected chi connectivity index (χ1v) is 15.0. The molecular formula is C31H28ClN7O6S. The van der Waals surface area contributed by atoms with Crippen molar-refractivity contribution in [2.75, 3.05) is 25.5 Å². The summed E-state index contributed by atoms with van der Waals surface area (Å²) in [6.07, 6.45) is 0.570. The van der Waals surface area contributed by atoms with Crippen molar-refractivity contribution in [1.82, 2.24) is 9.97 Å². The van der Waals surface area contributed by atoms with E-state index in [-0.39, 0.29) is 36.7 Å². The van der Waals surface area contributed by atoms with Crippen LogP contribution < -0.4 is 21.9 Å². The van der Waals surface area contributed by atoms with Crippen LogP contribution in [0.25, 0.3) is 22.6 Å². The number of hydrogen-bond donors (Lipinski definition) is 3. The fraction of sp³-hybridized carbons (Fsp3) is 0.226. The molecule has 0 fully saturated rings. The number of pyridine rings is 1. The van der Waals surface area contributed by atoms with E-state index in [0.717, 1.165) is 5.56 Å². The molecule has 0 amide bonds. The maximum absolute atomic E-state index is 11.8. The highest BCUT2D eigenvalue weighted by molar-refractivity contribution is 7.98. The van der Waals surface area contributed by atoms with Crippen molar-refractivity contribution in [1.29, 1.82) is 10.5 Å². The normalized spacial score (nSPS) is 12.0. The minimum absolute atomic E-state index is 0.0350. The number of thioether (sulfide) groups is 1. The fourth-order valence-corrected chi connectivity index (χ4v) is 4.99. The van der Waals surface area contributed by atoms with E-state index in [0.29, 0.717) is 44.3 Å². The summed E-state index contributed by atoms with van der Waals surface area (Å²) in [4.78, 5) is 32.3. The van der Waals surface area contributed by atoms with Crippen molar-refractivity contribution < 1.29 is 28.2 Å². The van der Waals surface area contributed by atoms with Crippen LogP contribution in [0.5, 0.6) is 5.75 Å². The summed E-state index contributed by atoms with van der Waals surface area (Å²) in [7, 11) is 0. The van der Waals surface area contributed by atoms with Crippen LogP contribution in [0, 0.1) is 22.7 Å². The number of nitrogens with zero attached hydrogens (tertiary/aromatic N) is 4. The lowest BCUT2D eigenvalue weighted by molar-refractivity contribution is -0.160. The van der Waals surface area contributed by atoms with Gasteiger partial charge in [-0.05, 0) is 48.9 Å². The quantitative estimate of drug-likeness (QED) is 0.137. The Hall–Kier alpha value is -5.12.